The first-order chi connectivity index (χ1) is 13.1. The van der Waals surface area contributed by atoms with Crippen LogP contribution in [-0.2, 0) is 5.67 Å². The molecule has 0 amide bonds. The van der Waals surface area contributed by atoms with Crippen molar-refractivity contribution in [2.75, 3.05) is 0 Å². The zero-order valence-electron chi connectivity index (χ0n) is 17.8. The van der Waals surface area contributed by atoms with Gasteiger partial charge >= 0.3 is 0 Å². The minimum Gasteiger partial charge on any atom is -0.239 e. The monoisotopic (exact) mass is 372 g/mol. The van der Waals surface area contributed by atoms with Crippen molar-refractivity contribution in [1.29, 1.82) is 0 Å². The molecule has 27 heavy (non-hydrogen) atoms. The van der Waals surface area contributed by atoms with Crippen LogP contribution in [0.3, 0.4) is 0 Å². The molecular weight excluding hydrogens is 331 g/mol. The van der Waals surface area contributed by atoms with Crippen LogP contribution in [0.4, 0.5) is 4.39 Å². The van der Waals surface area contributed by atoms with Crippen LogP contribution < -0.4 is 0 Å². The van der Waals surface area contributed by atoms with Gasteiger partial charge in [0.15, 0.2) is 0 Å². The maximum Gasteiger partial charge on any atom is 0.136 e. The van der Waals surface area contributed by atoms with Crippen molar-refractivity contribution in [3.8, 4) is 0 Å². The second kappa shape index (κ2) is 10.1. The van der Waals surface area contributed by atoms with Gasteiger partial charge in [-0.2, -0.15) is 0 Å². The first-order valence-electron chi connectivity index (χ1n) is 11.9. The van der Waals surface area contributed by atoms with Crippen molar-refractivity contribution in [2.24, 2.45) is 11.8 Å². The molecule has 1 aromatic carbocycles. The van der Waals surface area contributed by atoms with Crippen LogP contribution in [0.5, 0.6) is 0 Å². The summed E-state index contributed by atoms with van der Waals surface area (Å²) < 4.78 is 15.5. The van der Waals surface area contributed by atoms with Gasteiger partial charge in [0.1, 0.15) is 5.67 Å². The van der Waals surface area contributed by atoms with Gasteiger partial charge in [-0.05, 0) is 80.2 Å². The van der Waals surface area contributed by atoms with Crippen molar-refractivity contribution >= 4 is 0 Å². The lowest BCUT2D eigenvalue weighted by atomic mass is 9.74. The van der Waals surface area contributed by atoms with Crippen molar-refractivity contribution in [3.63, 3.8) is 0 Å². The number of unbranched alkanes of at least 4 members (excludes halogenated alkanes) is 2. The predicted molar refractivity (Wildman–Crippen MR) is 115 cm³/mol. The Morgan fingerprint density at radius 3 is 2.00 bits per heavy atom. The van der Waals surface area contributed by atoms with Crippen LogP contribution in [0, 0.1) is 11.8 Å². The van der Waals surface area contributed by atoms with E-state index in [1.165, 1.54) is 69.8 Å². The molecule has 0 bridgehead atoms. The minimum atomic E-state index is -1.07. The fraction of sp³-hybridized carbons (Fsp3) is 0.769. The number of alkyl halides is 1. The lowest BCUT2D eigenvalue weighted by Crippen LogP contribution is -2.27. The highest BCUT2D eigenvalue weighted by molar-refractivity contribution is 5.30. The van der Waals surface area contributed by atoms with Crippen molar-refractivity contribution in [1.82, 2.24) is 0 Å². The van der Waals surface area contributed by atoms with Gasteiger partial charge in [-0.3, -0.25) is 0 Å². The average molecular weight is 373 g/mol. The van der Waals surface area contributed by atoms with Crippen LogP contribution >= 0.6 is 0 Å². The molecule has 0 radical (unpaired) electrons. The lowest BCUT2D eigenvalue weighted by Gasteiger charge is -2.35. The van der Waals surface area contributed by atoms with Crippen LogP contribution in [0.2, 0.25) is 0 Å². The Morgan fingerprint density at radius 2 is 1.41 bits per heavy atom. The summed E-state index contributed by atoms with van der Waals surface area (Å²) in [6.07, 6.45) is 17.1. The molecule has 1 heteroatoms. The van der Waals surface area contributed by atoms with Gasteiger partial charge in [-0.15, -0.1) is 0 Å². The first-order valence-corrected chi connectivity index (χ1v) is 11.9. The van der Waals surface area contributed by atoms with Gasteiger partial charge in [-0.25, -0.2) is 4.39 Å². The van der Waals surface area contributed by atoms with Crippen molar-refractivity contribution in [2.45, 2.75) is 115 Å². The molecule has 0 aromatic heterocycles. The molecule has 2 aliphatic rings. The van der Waals surface area contributed by atoms with E-state index in [0.29, 0.717) is 5.92 Å². The highest BCUT2D eigenvalue weighted by Crippen LogP contribution is 2.45. The molecule has 2 saturated carbocycles. The third kappa shape index (κ3) is 5.58. The zero-order valence-corrected chi connectivity index (χ0v) is 17.8. The number of hydrogen-bond donors (Lipinski definition) is 0. The Balaban J connectivity index is 1.51. The third-order valence-corrected chi connectivity index (χ3v) is 7.56. The molecule has 0 N–H and O–H groups in total. The van der Waals surface area contributed by atoms with Gasteiger partial charge in [-0.1, -0.05) is 76.6 Å². The van der Waals surface area contributed by atoms with Crippen molar-refractivity contribution < 1.29 is 4.39 Å². The summed E-state index contributed by atoms with van der Waals surface area (Å²) in [7, 11) is 0. The smallest absolute Gasteiger partial charge is 0.136 e. The summed E-state index contributed by atoms with van der Waals surface area (Å²) in [6.45, 7) is 4.54. The molecule has 0 aliphatic heterocycles. The second-order valence-corrected chi connectivity index (χ2v) is 9.53. The second-order valence-electron chi connectivity index (χ2n) is 9.53. The fourth-order valence-corrected chi connectivity index (χ4v) is 5.64. The molecule has 2 fully saturated rings. The van der Waals surface area contributed by atoms with E-state index < -0.39 is 5.67 Å². The summed E-state index contributed by atoms with van der Waals surface area (Å²) in [5, 5.41) is 0. The van der Waals surface area contributed by atoms with Crippen LogP contribution in [0.1, 0.15) is 121 Å². The Kier molecular flexibility index (Phi) is 7.79. The van der Waals surface area contributed by atoms with Crippen LogP contribution in [0.15, 0.2) is 24.3 Å². The molecule has 152 valence electrons. The molecule has 0 saturated heterocycles. The molecule has 3 rings (SSSR count). The van der Waals surface area contributed by atoms with Gasteiger partial charge in [0.05, 0.1) is 0 Å². The lowest BCUT2D eigenvalue weighted by molar-refractivity contribution is 0.0792. The average Bonchev–Trinajstić information content (AvgIpc) is 2.71. The standard InChI is InChI=1S/C26H41F/c1-3-5-6-8-22-9-11-23(12-10-22)24-13-15-25(16-14-24)26(27)19-17-21(7-4-2)18-20-26/h13-16,21-23H,3-12,17-20H2,1-2H3. The molecule has 0 spiro atoms. The first kappa shape index (κ1) is 20.9. The van der Waals surface area contributed by atoms with Crippen molar-refractivity contribution in [3.05, 3.63) is 35.4 Å². The molecule has 0 atom stereocenters. The summed E-state index contributed by atoms with van der Waals surface area (Å²) in [6, 6.07) is 8.72. The van der Waals surface area contributed by atoms with E-state index >= 15 is 4.39 Å². The summed E-state index contributed by atoms with van der Waals surface area (Å²) >= 11 is 0. The van der Waals surface area contributed by atoms with E-state index in [4.69, 9.17) is 0 Å². The van der Waals surface area contributed by atoms with Gasteiger partial charge in [0.25, 0.3) is 0 Å². The normalized spacial score (nSPS) is 31.7. The zero-order chi connectivity index (χ0) is 19.1. The quantitative estimate of drug-likeness (QED) is 0.400. The number of halogens is 1. The molecule has 2 aliphatic carbocycles. The maximum atomic E-state index is 15.5. The summed E-state index contributed by atoms with van der Waals surface area (Å²) in [5.74, 6) is 2.42. The minimum absolute atomic E-state index is 0.706. The molecule has 0 unspecified atom stereocenters. The van der Waals surface area contributed by atoms with E-state index in [-0.39, 0.29) is 0 Å². The molecule has 1 aromatic rings. The Morgan fingerprint density at radius 1 is 0.778 bits per heavy atom. The molecular formula is C26H41F. The number of rotatable bonds is 8. The highest BCUT2D eigenvalue weighted by atomic mass is 19.1. The number of benzene rings is 1. The summed E-state index contributed by atoms with van der Waals surface area (Å²) in [4.78, 5) is 0. The SMILES string of the molecule is CCCCCC1CCC(c2ccc(C3(F)CCC(CCC)CC3)cc2)CC1. The van der Waals surface area contributed by atoms with E-state index in [1.54, 1.807) is 0 Å². The number of hydrogen-bond acceptors (Lipinski definition) is 0. The largest absolute Gasteiger partial charge is 0.239 e. The molecule has 0 nitrogen and oxygen atoms in total. The Bertz CT molecular complexity index is 530. The van der Waals surface area contributed by atoms with Crippen LogP contribution in [-0.4, -0.2) is 0 Å². The highest BCUT2D eigenvalue weighted by Gasteiger charge is 2.36. The topological polar surface area (TPSA) is 0 Å². The molecule has 0 heterocycles. The van der Waals surface area contributed by atoms with E-state index in [2.05, 4.69) is 38.1 Å². The maximum absolute atomic E-state index is 15.5. The Hall–Kier alpha value is -0.850. The summed E-state index contributed by atoms with van der Waals surface area (Å²) in [5.41, 5.74) is 1.32. The van der Waals surface area contributed by atoms with E-state index in [9.17, 15) is 0 Å². The van der Waals surface area contributed by atoms with Gasteiger partial charge in [0.2, 0.25) is 0 Å². The van der Waals surface area contributed by atoms with Crippen LogP contribution in [0.25, 0.3) is 0 Å². The fourth-order valence-electron chi connectivity index (χ4n) is 5.64. The Labute approximate surface area is 167 Å². The van der Waals surface area contributed by atoms with Gasteiger partial charge < -0.3 is 0 Å². The third-order valence-electron chi connectivity index (χ3n) is 7.56. The van der Waals surface area contributed by atoms with Gasteiger partial charge in [0, 0.05) is 0 Å². The van der Waals surface area contributed by atoms with E-state index in [0.717, 1.165) is 43.1 Å². The predicted octanol–water partition coefficient (Wildman–Crippen LogP) is 8.70. The van der Waals surface area contributed by atoms with E-state index in [1.807, 2.05) is 0 Å².